The van der Waals surface area contributed by atoms with Gasteiger partial charge in [-0.2, -0.15) is 0 Å². The van der Waals surface area contributed by atoms with E-state index in [9.17, 15) is 14.0 Å². The normalized spacial score (nSPS) is 10.0. The summed E-state index contributed by atoms with van der Waals surface area (Å²) >= 11 is 8.65. The van der Waals surface area contributed by atoms with E-state index in [2.05, 4.69) is 20.7 Å². The lowest BCUT2D eigenvalue weighted by atomic mass is 10.2. The van der Waals surface area contributed by atoms with Crippen LogP contribution >= 0.6 is 27.5 Å². The lowest BCUT2D eigenvalue weighted by Crippen LogP contribution is -2.15. The van der Waals surface area contributed by atoms with E-state index in [4.69, 9.17) is 16.3 Å². The number of aldehydes is 1. The van der Waals surface area contributed by atoms with Gasteiger partial charge in [-0.25, -0.2) is 9.18 Å². The maximum absolute atomic E-state index is 13.5. The maximum Gasteiger partial charge on any atom is 0.344 e. The first-order valence-corrected chi connectivity index (χ1v) is 6.09. The monoisotopic (exact) mass is 338 g/mol. The summed E-state index contributed by atoms with van der Waals surface area (Å²) in [6, 6.07) is 1.24. The molecule has 1 rings (SSSR count). The summed E-state index contributed by atoms with van der Waals surface area (Å²) in [6.45, 7) is 1.43. The lowest BCUT2D eigenvalue weighted by molar-refractivity contribution is -0.145. The number of esters is 1. The van der Waals surface area contributed by atoms with Crippen LogP contribution < -0.4 is 4.74 Å². The Balaban J connectivity index is 2.98. The third-order valence-corrected chi connectivity index (χ3v) is 2.78. The third-order valence-electron chi connectivity index (χ3n) is 1.92. The number of benzene rings is 1. The van der Waals surface area contributed by atoms with Crippen molar-refractivity contribution >= 4 is 39.8 Å². The zero-order chi connectivity index (χ0) is 13.7. The second kappa shape index (κ2) is 6.70. The van der Waals surface area contributed by atoms with Crippen LogP contribution in [0, 0.1) is 5.82 Å². The molecule has 98 valence electrons. The van der Waals surface area contributed by atoms with Gasteiger partial charge in [-0.3, -0.25) is 4.79 Å². The van der Waals surface area contributed by atoms with E-state index in [1.54, 1.807) is 6.92 Å². The van der Waals surface area contributed by atoms with Crippen molar-refractivity contribution < 1.29 is 23.5 Å². The van der Waals surface area contributed by atoms with E-state index < -0.39 is 18.4 Å². The highest BCUT2D eigenvalue weighted by molar-refractivity contribution is 9.10. The number of hydrogen-bond donors (Lipinski definition) is 0. The number of ether oxygens (including phenoxy) is 2. The Bertz CT molecular complexity index is 479. The molecule has 4 nitrogen and oxygen atoms in total. The zero-order valence-electron chi connectivity index (χ0n) is 9.34. The molecular weight excluding hydrogens is 330 g/mol. The predicted molar refractivity (Wildman–Crippen MR) is 66.6 cm³/mol. The molecule has 0 N–H and O–H groups in total. The smallest absolute Gasteiger partial charge is 0.344 e. The fourth-order valence-electron chi connectivity index (χ4n) is 1.18. The highest BCUT2D eigenvalue weighted by atomic mass is 79.9. The van der Waals surface area contributed by atoms with Gasteiger partial charge in [0.25, 0.3) is 0 Å². The van der Waals surface area contributed by atoms with Gasteiger partial charge in [-0.15, -0.1) is 0 Å². The highest BCUT2D eigenvalue weighted by Crippen LogP contribution is 2.34. The van der Waals surface area contributed by atoms with Crippen LogP contribution in [0.2, 0.25) is 5.02 Å². The summed E-state index contributed by atoms with van der Waals surface area (Å²) in [4.78, 5) is 21.9. The molecule has 0 aromatic heterocycles. The second-order valence-electron chi connectivity index (χ2n) is 3.11. The first-order valence-electron chi connectivity index (χ1n) is 4.92. The van der Waals surface area contributed by atoms with Gasteiger partial charge in [0.15, 0.2) is 18.7 Å². The van der Waals surface area contributed by atoms with Crippen molar-refractivity contribution in [2.75, 3.05) is 13.2 Å². The molecule has 0 atom stereocenters. The highest BCUT2D eigenvalue weighted by Gasteiger charge is 2.18. The summed E-state index contributed by atoms with van der Waals surface area (Å²) < 4.78 is 23.5. The number of rotatable bonds is 5. The molecule has 0 saturated heterocycles. The number of carbonyl (C=O) groups is 2. The van der Waals surface area contributed by atoms with Crippen LogP contribution in [0.3, 0.4) is 0 Å². The Labute approximate surface area is 116 Å². The Morgan fingerprint density at radius 1 is 1.61 bits per heavy atom. The fourth-order valence-corrected chi connectivity index (χ4v) is 2.08. The van der Waals surface area contributed by atoms with Crippen molar-refractivity contribution in [3.05, 3.63) is 26.9 Å². The molecule has 1 aromatic rings. The van der Waals surface area contributed by atoms with Crippen LogP contribution in [0.1, 0.15) is 17.3 Å². The molecule has 0 bridgehead atoms. The maximum atomic E-state index is 13.5. The molecule has 0 radical (unpaired) electrons. The average Bonchev–Trinajstić information content (AvgIpc) is 2.32. The van der Waals surface area contributed by atoms with E-state index in [1.807, 2.05) is 0 Å². The standard InChI is InChI=1S/C11H9BrClFO4/c1-2-17-9(16)5-18-11-6(4-15)10(14)8(13)3-7(11)12/h3-4H,2,5H2,1H3. The van der Waals surface area contributed by atoms with Crippen LogP contribution in [0.4, 0.5) is 4.39 Å². The minimum absolute atomic E-state index is 0.0834. The van der Waals surface area contributed by atoms with Gasteiger partial charge < -0.3 is 9.47 Å². The van der Waals surface area contributed by atoms with E-state index in [1.165, 1.54) is 6.07 Å². The SMILES string of the molecule is CCOC(=O)COc1c(Br)cc(Cl)c(F)c1C=O. The molecule has 0 fully saturated rings. The zero-order valence-corrected chi connectivity index (χ0v) is 11.7. The Morgan fingerprint density at radius 3 is 2.83 bits per heavy atom. The molecule has 0 aliphatic carbocycles. The average molecular weight is 340 g/mol. The first kappa shape index (κ1) is 14.9. The molecule has 7 heteroatoms. The van der Waals surface area contributed by atoms with Gasteiger partial charge in [0.1, 0.15) is 5.75 Å². The molecule has 1 aromatic carbocycles. The lowest BCUT2D eigenvalue weighted by Gasteiger charge is -2.11. The fraction of sp³-hybridized carbons (Fsp3) is 0.273. The van der Waals surface area contributed by atoms with Gasteiger partial charge >= 0.3 is 5.97 Å². The molecule has 0 aliphatic rings. The molecule has 0 amide bonds. The van der Waals surface area contributed by atoms with E-state index in [0.29, 0.717) is 0 Å². The second-order valence-corrected chi connectivity index (χ2v) is 4.37. The minimum atomic E-state index is -0.895. The number of hydrogen-bond acceptors (Lipinski definition) is 4. The summed E-state index contributed by atoms with van der Waals surface area (Å²) in [5.74, 6) is -1.59. The molecule has 0 aliphatic heterocycles. The van der Waals surface area contributed by atoms with Crippen molar-refractivity contribution in [2.45, 2.75) is 6.92 Å². The van der Waals surface area contributed by atoms with Crippen molar-refractivity contribution in [1.29, 1.82) is 0 Å². The first-order chi connectivity index (χ1) is 8.51. The van der Waals surface area contributed by atoms with Gasteiger partial charge in [-0.05, 0) is 28.9 Å². The predicted octanol–water partition coefficient (Wildman–Crippen LogP) is 3.00. The van der Waals surface area contributed by atoms with Crippen molar-refractivity contribution in [1.82, 2.24) is 0 Å². The van der Waals surface area contributed by atoms with Gasteiger partial charge in [-0.1, -0.05) is 11.6 Å². The number of halogens is 3. The van der Waals surface area contributed by atoms with Gasteiger partial charge in [0, 0.05) is 0 Å². The van der Waals surface area contributed by atoms with E-state index >= 15 is 0 Å². The van der Waals surface area contributed by atoms with Crippen LogP contribution in [0.15, 0.2) is 10.5 Å². The Kier molecular flexibility index (Phi) is 5.55. The van der Waals surface area contributed by atoms with Crippen LogP contribution in [0.25, 0.3) is 0 Å². The van der Waals surface area contributed by atoms with Gasteiger partial charge in [0.05, 0.1) is 21.7 Å². The van der Waals surface area contributed by atoms with E-state index in [0.717, 1.165) is 0 Å². The molecule has 0 unspecified atom stereocenters. The summed E-state index contributed by atoms with van der Waals surface area (Å²) in [7, 11) is 0. The molecule has 18 heavy (non-hydrogen) atoms. The third kappa shape index (κ3) is 3.43. The van der Waals surface area contributed by atoms with Gasteiger partial charge in [0.2, 0.25) is 0 Å². The van der Waals surface area contributed by atoms with Crippen LogP contribution in [-0.2, 0) is 9.53 Å². The molecule has 0 spiro atoms. The quantitative estimate of drug-likeness (QED) is 0.470. The minimum Gasteiger partial charge on any atom is -0.480 e. The summed E-state index contributed by atoms with van der Waals surface area (Å²) in [5.41, 5.74) is -0.348. The van der Waals surface area contributed by atoms with Crippen molar-refractivity contribution in [2.24, 2.45) is 0 Å². The largest absolute Gasteiger partial charge is 0.480 e. The van der Waals surface area contributed by atoms with E-state index in [-0.39, 0.29) is 33.7 Å². The van der Waals surface area contributed by atoms with Crippen molar-refractivity contribution in [3.8, 4) is 5.75 Å². The van der Waals surface area contributed by atoms with Crippen LogP contribution in [0.5, 0.6) is 5.75 Å². The molecule has 0 heterocycles. The summed E-state index contributed by atoms with van der Waals surface area (Å²) in [6.07, 6.45) is 0.270. The topological polar surface area (TPSA) is 52.6 Å². The molecule has 0 saturated carbocycles. The Hall–Kier alpha value is -1.14. The Morgan fingerprint density at radius 2 is 2.28 bits per heavy atom. The summed E-state index contributed by atoms with van der Waals surface area (Å²) in [5, 5.41) is -0.215. The van der Waals surface area contributed by atoms with Crippen LogP contribution in [-0.4, -0.2) is 25.5 Å². The van der Waals surface area contributed by atoms with Crippen molar-refractivity contribution in [3.63, 3.8) is 0 Å². The molecular formula is C11H9BrClFO4. The number of carbonyl (C=O) groups excluding carboxylic acids is 2.